The SMILES string of the molecule is Cc1ncsc1-c1ccc(CCNC(=O)[C@@H]2C[C@@H](O)CN2C(=O)C(C)(C)[C@H](C)NC(=O)CCCNC(=O)c2ccc(N3CCN(C(=O)OC(C)(C)C)CC3)cn2)cc1. The second kappa shape index (κ2) is 19.1. The van der Waals surface area contributed by atoms with Crippen molar-refractivity contribution in [2.45, 2.75) is 97.9 Å². The minimum atomic E-state index is -1.08. The van der Waals surface area contributed by atoms with Gasteiger partial charge in [-0.25, -0.2) is 14.8 Å². The standard InChI is InChI=1S/C42H58N8O7S/c1-27-36(58-26-46-27)30-12-10-29(11-13-30)16-18-44-38(54)34-23-32(51)25-50(34)39(55)42(6,7)28(2)47-35(52)9-8-17-43-37(53)33-15-14-31(24-45-33)48-19-21-49(22-20-48)40(56)57-41(3,4)5/h10-15,24,26,28,32,34,51H,8-9,16-23,25H2,1-7H3,(H,43,53)(H,44,54)(H,47,52)/t28-,32+,34-/m0/s1. The number of anilines is 1. The fourth-order valence-corrected chi connectivity index (χ4v) is 7.72. The smallest absolute Gasteiger partial charge is 0.410 e. The Kier molecular flexibility index (Phi) is 14.5. The number of nitrogens with zero attached hydrogens (tertiary/aromatic N) is 5. The zero-order valence-corrected chi connectivity index (χ0v) is 35.5. The van der Waals surface area contributed by atoms with Crippen LogP contribution in [0.5, 0.6) is 0 Å². The predicted octanol–water partition coefficient (Wildman–Crippen LogP) is 3.93. The van der Waals surface area contributed by atoms with Crippen LogP contribution in [0.3, 0.4) is 0 Å². The third-order valence-corrected chi connectivity index (χ3v) is 11.6. The van der Waals surface area contributed by atoms with Gasteiger partial charge in [-0.2, -0.15) is 0 Å². The third kappa shape index (κ3) is 11.5. The molecule has 1 aromatic carbocycles. The molecule has 58 heavy (non-hydrogen) atoms. The predicted molar refractivity (Wildman–Crippen MR) is 222 cm³/mol. The van der Waals surface area contributed by atoms with Crippen LogP contribution in [-0.2, 0) is 25.5 Å². The van der Waals surface area contributed by atoms with Crippen molar-refractivity contribution in [2.75, 3.05) is 50.7 Å². The molecular weight excluding hydrogens is 761 g/mol. The number of piperazine rings is 1. The minimum Gasteiger partial charge on any atom is -0.444 e. The van der Waals surface area contributed by atoms with Crippen LogP contribution < -0.4 is 20.9 Å². The highest BCUT2D eigenvalue weighted by molar-refractivity contribution is 7.13. The summed E-state index contributed by atoms with van der Waals surface area (Å²) in [5, 5.41) is 19.2. The van der Waals surface area contributed by atoms with Gasteiger partial charge in [0.15, 0.2) is 0 Å². The first kappa shape index (κ1) is 44.0. The lowest BCUT2D eigenvalue weighted by molar-refractivity contribution is -0.147. The number of β-amino-alcohol motifs (C(OH)–C–C–N with tert-alkyl or cyclic N) is 1. The number of carbonyl (C=O) groups is 5. The largest absolute Gasteiger partial charge is 0.444 e. The van der Waals surface area contributed by atoms with Crippen molar-refractivity contribution < 1.29 is 33.8 Å². The normalized spacial score (nSPS) is 17.8. The molecule has 0 aliphatic carbocycles. The van der Waals surface area contributed by atoms with E-state index in [-0.39, 0.29) is 61.3 Å². The quantitative estimate of drug-likeness (QED) is 0.174. The van der Waals surface area contributed by atoms with Crippen molar-refractivity contribution in [2.24, 2.45) is 5.41 Å². The number of rotatable bonds is 14. The molecule has 4 heterocycles. The number of amides is 5. The molecule has 4 N–H and O–H groups in total. The van der Waals surface area contributed by atoms with Gasteiger partial charge in [0, 0.05) is 64.7 Å². The molecule has 2 aliphatic rings. The van der Waals surface area contributed by atoms with E-state index in [1.165, 1.54) is 4.90 Å². The highest BCUT2D eigenvalue weighted by Crippen LogP contribution is 2.30. The molecule has 0 unspecified atom stereocenters. The van der Waals surface area contributed by atoms with E-state index in [0.717, 1.165) is 27.4 Å². The molecule has 2 aromatic heterocycles. The van der Waals surface area contributed by atoms with E-state index in [4.69, 9.17) is 4.74 Å². The molecule has 16 heteroatoms. The first-order chi connectivity index (χ1) is 27.4. The average molecular weight is 819 g/mol. The summed E-state index contributed by atoms with van der Waals surface area (Å²) in [4.78, 5) is 80.2. The van der Waals surface area contributed by atoms with E-state index < -0.39 is 29.2 Å². The molecule has 0 saturated carbocycles. The summed E-state index contributed by atoms with van der Waals surface area (Å²) < 4.78 is 5.47. The van der Waals surface area contributed by atoms with E-state index in [9.17, 15) is 29.1 Å². The van der Waals surface area contributed by atoms with Gasteiger partial charge in [0.1, 0.15) is 17.3 Å². The van der Waals surface area contributed by atoms with E-state index in [1.807, 2.05) is 63.5 Å². The Morgan fingerprint density at radius 2 is 1.66 bits per heavy atom. The van der Waals surface area contributed by atoms with Crippen molar-refractivity contribution in [3.05, 3.63) is 65.1 Å². The topological polar surface area (TPSA) is 186 Å². The van der Waals surface area contributed by atoms with E-state index in [1.54, 1.807) is 49.3 Å². The van der Waals surface area contributed by atoms with Crippen LogP contribution in [-0.4, -0.2) is 124 Å². The molecule has 2 aliphatic heterocycles. The summed E-state index contributed by atoms with van der Waals surface area (Å²) in [5.74, 6) is -1.29. The first-order valence-corrected chi connectivity index (χ1v) is 20.8. The molecule has 3 atom stereocenters. The number of hydrogen-bond donors (Lipinski definition) is 4. The van der Waals surface area contributed by atoms with Crippen molar-refractivity contribution in [1.82, 2.24) is 35.7 Å². The maximum Gasteiger partial charge on any atom is 0.410 e. The van der Waals surface area contributed by atoms with Gasteiger partial charge in [-0.15, -0.1) is 11.3 Å². The maximum atomic E-state index is 13.9. The lowest BCUT2D eigenvalue weighted by atomic mass is 9.83. The molecule has 0 spiro atoms. The Morgan fingerprint density at radius 3 is 2.28 bits per heavy atom. The molecule has 2 saturated heterocycles. The summed E-state index contributed by atoms with van der Waals surface area (Å²) >= 11 is 1.60. The lowest BCUT2D eigenvalue weighted by Gasteiger charge is -2.36. The number of hydrogen-bond acceptors (Lipinski definition) is 11. The average Bonchev–Trinajstić information content (AvgIpc) is 3.80. The van der Waals surface area contributed by atoms with Gasteiger partial charge in [-0.05, 0) is 84.6 Å². The summed E-state index contributed by atoms with van der Waals surface area (Å²) in [5.41, 5.74) is 4.45. The number of aliphatic hydroxyl groups excluding tert-OH is 1. The Balaban J connectivity index is 1.01. The number of aliphatic hydroxyl groups is 1. The maximum absolute atomic E-state index is 13.9. The van der Waals surface area contributed by atoms with Gasteiger partial charge in [0.2, 0.25) is 17.7 Å². The lowest BCUT2D eigenvalue weighted by Crippen LogP contribution is -2.55. The van der Waals surface area contributed by atoms with Gasteiger partial charge in [0.25, 0.3) is 5.91 Å². The van der Waals surface area contributed by atoms with Crippen molar-refractivity contribution in [3.8, 4) is 10.4 Å². The number of aromatic nitrogens is 2. The second-order valence-electron chi connectivity index (χ2n) is 16.6. The molecule has 314 valence electrons. The first-order valence-electron chi connectivity index (χ1n) is 20.0. The van der Waals surface area contributed by atoms with Gasteiger partial charge in [0.05, 0.1) is 39.5 Å². The van der Waals surface area contributed by atoms with E-state index in [0.29, 0.717) is 45.6 Å². The fraction of sp³-hybridized carbons (Fsp3) is 0.548. The highest BCUT2D eigenvalue weighted by atomic mass is 32.1. The fourth-order valence-electron chi connectivity index (χ4n) is 6.91. The van der Waals surface area contributed by atoms with Gasteiger partial charge in [-0.1, -0.05) is 24.3 Å². The van der Waals surface area contributed by atoms with Crippen molar-refractivity contribution in [3.63, 3.8) is 0 Å². The van der Waals surface area contributed by atoms with Gasteiger partial charge >= 0.3 is 6.09 Å². The molecule has 2 fully saturated rings. The zero-order valence-electron chi connectivity index (χ0n) is 34.7. The number of pyridine rings is 1. The van der Waals surface area contributed by atoms with Crippen LogP contribution in [0.25, 0.3) is 10.4 Å². The number of benzene rings is 1. The van der Waals surface area contributed by atoms with Crippen molar-refractivity contribution in [1.29, 1.82) is 0 Å². The summed E-state index contributed by atoms with van der Waals surface area (Å²) in [7, 11) is 0. The highest BCUT2D eigenvalue weighted by Gasteiger charge is 2.46. The molecule has 15 nitrogen and oxygen atoms in total. The summed E-state index contributed by atoms with van der Waals surface area (Å²) in [6.07, 6.45) is 1.72. The van der Waals surface area contributed by atoms with Gasteiger partial charge in [-0.3, -0.25) is 19.2 Å². The Hall–Kier alpha value is -5.09. The molecular formula is C42H58N8O7S. The summed E-state index contributed by atoms with van der Waals surface area (Å²) in [6.45, 7) is 15.6. The van der Waals surface area contributed by atoms with Crippen LogP contribution in [0.4, 0.5) is 10.5 Å². The molecule has 0 radical (unpaired) electrons. The molecule has 5 rings (SSSR count). The van der Waals surface area contributed by atoms with Crippen LogP contribution in [0.2, 0.25) is 0 Å². The Bertz CT molecular complexity index is 1900. The number of aryl methyl sites for hydroxylation is 1. The van der Waals surface area contributed by atoms with Crippen LogP contribution in [0, 0.1) is 12.3 Å². The summed E-state index contributed by atoms with van der Waals surface area (Å²) in [6, 6.07) is 10.2. The number of ether oxygens (including phenoxy) is 1. The number of nitrogens with one attached hydrogen (secondary N) is 3. The zero-order chi connectivity index (χ0) is 42.2. The van der Waals surface area contributed by atoms with E-state index in [2.05, 4.69) is 30.8 Å². The van der Waals surface area contributed by atoms with Crippen LogP contribution in [0.1, 0.15) is 82.6 Å². The Morgan fingerprint density at radius 1 is 0.948 bits per heavy atom. The minimum absolute atomic E-state index is 0.0314. The van der Waals surface area contributed by atoms with Crippen LogP contribution in [0.15, 0.2) is 48.1 Å². The monoisotopic (exact) mass is 818 g/mol. The van der Waals surface area contributed by atoms with Crippen molar-refractivity contribution >= 4 is 46.7 Å². The second-order valence-corrected chi connectivity index (χ2v) is 17.4. The molecule has 3 aromatic rings. The molecule has 0 bridgehead atoms. The van der Waals surface area contributed by atoms with Crippen LogP contribution >= 0.6 is 11.3 Å². The number of thiazole rings is 1. The van der Waals surface area contributed by atoms with Gasteiger partial charge < -0.3 is 40.5 Å². The third-order valence-electron chi connectivity index (χ3n) is 10.7. The Labute approximate surface area is 344 Å². The number of carbonyl (C=O) groups excluding carboxylic acids is 5. The molecule has 5 amide bonds. The van der Waals surface area contributed by atoms with E-state index >= 15 is 0 Å². The number of likely N-dealkylation sites (tertiary alicyclic amines) is 1.